The molecule has 0 aromatic carbocycles. The van der Waals surface area contributed by atoms with Gasteiger partial charge in [0.1, 0.15) is 0 Å². The predicted octanol–water partition coefficient (Wildman–Crippen LogP) is 0.845. The van der Waals surface area contributed by atoms with Crippen molar-refractivity contribution >= 4 is 17.5 Å². The summed E-state index contributed by atoms with van der Waals surface area (Å²) in [5.41, 5.74) is 0. The van der Waals surface area contributed by atoms with Gasteiger partial charge in [0.25, 0.3) is 0 Å². The highest BCUT2D eigenvalue weighted by Crippen LogP contribution is 2.21. The number of carbonyl (C=O) groups excluding carboxylic acids is 1. The number of alkyl halides is 1. The minimum absolute atomic E-state index is 0.135. The van der Waals surface area contributed by atoms with Crippen LogP contribution in [0.1, 0.15) is 19.8 Å². The van der Waals surface area contributed by atoms with Crippen LogP contribution in [0.5, 0.6) is 0 Å². The molecule has 0 spiro atoms. The highest BCUT2D eigenvalue weighted by atomic mass is 35.5. The largest absolute Gasteiger partial charge is 0.396 e. The molecular weight excluding hydrogens is 190 g/mol. The zero-order chi connectivity index (χ0) is 9.84. The van der Waals surface area contributed by atoms with Crippen LogP contribution in [0.2, 0.25) is 0 Å². The van der Waals surface area contributed by atoms with Crippen LogP contribution >= 0.6 is 11.6 Å². The van der Waals surface area contributed by atoms with E-state index in [2.05, 4.69) is 0 Å². The molecule has 1 fully saturated rings. The van der Waals surface area contributed by atoms with Gasteiger partial charge in [0.2, 0.25) is 5.91 Å². The Balaban J connectivity index is 2.46. The number of amides is 1. The van der Waals surface area contributed by atoms with Gasteiger partial charge in [0.05, 0.1) is 0 Å². The fourth-order valence-electron chi connectivity index (χ4n) is 1.68. The van der Waals surface area contributed by atoms with E-state index in [-0.39, 0.29) is 18.6 Å². The topological polar surface area (TPSA) is 40.5 Å². The minimum Gasteiger partial charge on any atom is -0.396 e. The highest BCUT2D eigenvalue weighted by molar-refractivity contribution is 6.18. The van der Waals surface area contributed by atoms with Gasteiger partial charge in [0, 0.05) is 31.5 Å². The number of nitrogens with zero attached hydrogens (tertiary/aromatic N) is 1. The fraction of sp³-hybridized carbons (Fsp3) is 0.889. The zero-order valence-corrected chi connectivity index (χ0v) is 8.63. The number of hydrogen-bond acceptors (Lipinski definition) is 2. The summed E-state index contributed by atoms with van der Waals surface area (Å²) in [7, 11) is 0. The maximum Gasteiger partial charge on any atom is 0.223 e. The second kappa shape index (κ2) is 4.82. The fourth-order valence-corrected chi connectivity index (χ4v) is 1.89. The second-order valence-corrected chi connectivity index (χ2v) is 3.94. The molecule has 2 unspecified atom stereocenters. The van der Waals surface area contributed by atoms with Crippen molar-refractivity contribution in [2.75, 3.05) is 19.0 Å². The van der Waals surface area contributed by atoms with Crippen molar-refractivity contribution < 1.29 is 9.90 Å². The molecule has 13 heavy (non-hydrogen) atoms. The quantitative estimate of drug-likeness (QED) is 0.692. The molecule has 1 aliphatic rings. The zero-order valence-electron chi connectivity index (χ0n) is 7.87. The van der Waals surface area contributed by atoms with Gasteiger partial charge in [-0.2, -0.15) is 0 Å². The Labute approximate surface area is 83.7 Å². The number of aliphatic hydroxyl groups is 1. The van der Waals surface area contributed by atoms with Crippen LogP contribution < -0.4 is 0 Å². The van der Waals surface area contributed by atoms with Crippen molar-refractivity contribution in [3.8, 4) is 0 Å². The van der Waals surface area contributed by atoms with Gasteiger partial charge in [-0.25, -0.2) is 0 Å². The summed E-state index contributed by atoms with van der Waals surface area (Å²) in [5.74, 6) is 1.02. The van der Waals surface area contributed by atoms with E-state index in [0.29, 0.717) is 24.6 Å². The van der Waals surface area contributed by atoms with Gasteiger partial charge in [-0.05, 0) is 19.3 Å². The van der Waals surface area contributed by atoms with E-state index in [1.807, 2.05) is 11.8 Å². The van der Waals surface area contributed by atoms with Crippen molar-refractivity contribution in [3.05, 3.63) is 0 Å². The number of aliphatic hydroxyl groups excluding tert-OH is 1. The lowest BCUT2D eigenvalue weighted by molar-refractivity contribution is -0.129. The van der Waals surface area contributed by atoms with E-state index in [0.717, 1.165) is 6.54 Å². The third-order valence-electron chi connectivity index (χ3n) is 2.54. The highest BCUT2D eigenvalue weighted by Gasteiger charge is 2.31. The number of likely N-dealkylation sites (tertiary alicyclic amines) is 1. The number of carbonyl (C=O) groups is 1. The Morgan fingerprint density at radius 3 is 2.92 bits per heavy atom. The monoisotopic (exact) mass is 205 g/mol. The first-order chi connectivity index (χ1) is 6.19. The second-order valence-electron chi connectivity index (χ2n) is 3.63. The lowest BCUT2D eigenvalue weighted by atomic mass is 10.1. The summed E-state index contributed by atoms with van der Waals surface area (Å²) in [6.45, 7) is 2.85. The molecule has 1 saturated heterocycles. The summed E-state index contributed by atoms with van der Waals surface area (Å²) in [6.07, 6.45) is 1.22. The van der Waals surface area contributed by atoms with E-state index < -0.39 is 0 Å². The Hall–Kier alpha value is -0.280. The van der Waals surface area contributed by atoms with Gasteiger partial charge in [0.15, 0.2) is 0 Å². The first-order valence-electron chi connectivity index (χ1n) is 4.65. The average Bonchev–Trinajstić information content (AvgIpc) is 2.47. The number of halogens is 1. The van der Waals surface area contributed by atoms with Crippen LogP contribution in [0.15, 0.2) is 0 Å². The van der Waals surface area contributed by atoms with E-state index >= 15 is 0 Å². The first-order valence-corrected chi connectivity index (χ1v) is 5.18. The molecule has 0 aliphatic carbocycles. The molecule has 0 radical (unpaired) electrons. The number of rotatable bonds is 4. The van der Waals surface area contributed by atoms with Crippen molar-refractivity contribution in [2.24, 2.45) is 5.92 Å². The molecule has 1 N–H and O–H groups in total. The molecule has 0 aromatic heterocycles. The lowest BCUT2D eigenvalue weighted by Gasteiger charge is -2.23. The van der Waals surface area contributed by atoms with Gasteiger partial charge in [-0.1, -0.05) is 0 Å². The van der Waals surface area contributed by atoms with Crippen LogP contribution in [0.25, 0.3) is 0 Å². The van der Waals surface area contributed by atoms with Crippen molar-refractivity contribution in [2.45, 2.75) is 25.8 Å². The van der Waals surface area contributed by atoms with Gasteiger partial charge in [-0.15, -0.1) is 11.6 Å². The Kier molecular flexibility index (Phi) is 4.00. The molecule has 1 amide bonds. The lowest BCUT2D eigenvalue weighted by Crippen LogP contribution is -2.35. The van der Waals surface area contributed by atoms with Crippen LogP contribution in [0.4, 0.5) is 0 Å². The van der Waals surface area contributed by atoms with Crippen LogP contribution in [0, 0.1) is 5.92 Å². The van der Waals surface area contributed by atoms with Gasteiger partial charge >= 0.3 is 0 Å². The van der Waals surface area contributed by atoms with Crippen LogP contribution in [-0.2, 0) is 4.79 Å². The maximum atomic E-state index is 11.4. The Morgan fingerprint density at radius 2 is 2.46 bits per heavy atom. The third-order valence-corrected chi connectivity index (χ3v) is 2.97. The van der Waals surface area contributed by atoms with Crippen molar-refractivity contribution in [3.63, 3.8) is 0 Å². The van der Waals surface area contributed by atoms with Gasteiger partial charge < -0.3 is 10.0 Å². The predicted molar refractivity (Wildman–Crippen MR) is 51.7 cm³/mol. The van der Waals surface area contributed by atoms with E-state index in [1.54, 1.807) is 0 Å². The summed E-state index contributed by atoms with van der Waals surface area (Å²) < 4.78 is 0. The van der Waals surface area contributed by atoms with Crippen LogP contribution in [0.3, 0.4) is 0 Å². The maximum absolute atomic E-state index is 11.4. The summed E-state index contributed by atoms with van der Waals surface area (Å²) in [4.78, 5) is 13.3. The Morgan fingerprint density at radius 1 is 1.77 bits per heavy atom. The minimum atomic E-state index is 0.135. The SMILES string of the molecule is CC(CCO)N1CC(CCl)CC1=O. The van der Waals surface area contributed by atoms with Crippen molar-refractivity contribution in [1.29, 1.82) is 0 Å². The van der Waals surface area contributed by atoms with E-state index in [4.69, 9.17) is 16.7 Å². The van der Waals surface area contributed by atoms with Crippen LogP contribution in [-0.4, -0.2) is 41.0 Å². The molecule has 1 rings (SSSR count). The average molecular weight is 206 g/mol. The molecule has 0 aromatic rings. The molecule has 2 atom stereocenters. The molecule has 3 nitrogen and oxygen atoms in total. The normalized spacial score (nSPS) is 25.3. The van der Waals surface area contributed by atoms with E-state index in [1.165, 1.54) is 0 Å². The number of hydrogen-bond donors (Lipinski definition) is 1. The summed E-state index contributed by atoms with van der Waals surface area (Å²) in [5, 5.41) is 8.74. The molecule has 1 heterocycles. The van der Waals surface area contributed by atoms with Crippen molar-refractivity contribution in [1.82, 2.24) is 4.90 Å². The van der Waals surface area contributed by atoms with E-state index in [9.17, 15) is 4.79 Å². The molecule has 4 heteroatoms. The molecule has 0 bridgehead atoms. The van der Waals surface area contributed by atoms with Gasteiger partial charge in [-0.3, -0.25) is 4.79 Å². The smallest absolute Gasteiger partial charge is 0.223 e. The standard InChI is InChI=1S/C9H16ClNO2/c1-7(2-3-12)11-6-8(5-10)4-9(11)13/h7-8,12H,2-6H2,1H3. The first kappa shape index (κ1) is 10.8. The summed E-state index contributed by atoms with van der Waals surface area (Å²) in [6, 6.07) is 0.144. The Bertz CT molecular complexity index is 186. The molecular formula is C9H16ClNO2. The molecule has 76 valence electrons. The molecule has 1 aliphatic heterocycles. The third kappa shape index (κ3) is 2.58. The summed E-state index contributed by atoms with van der Waals surface area (Å²) >= 11 is 5.69. The molecule has 0 saturated carbocycles.